The van der Waals surface area contributed by atoms with E-state index in [9.17, 15) is 4.39 Å². The molecule has 0 amide bonds. The van der Waals surface area contributed by atoms with Crippen LogP contribution in [0.1, 0.15) is 24.8 Å². The molecule has 0 spiro atoms. The Morgan fingerprint density at radius 2 is 1.87 bits per heavy atom. The number of imidazole rings is 1. The zero-order chi connectivity index (χ0) is 25.6. The maximum atomic E-state index is 15.3. The number of nitrogens with one attached hydrogen (secondary N) is 2. The standard InChI is InChI=1S/C28H23F2N7S/c29-21-12-22-20(11-19(21)17-10-16(13-31-14-17)15-37-8-2-1-3-9-37)26(36-35-22)28-33-25-18(6-7-32-27(25)34-28)23-4-5-24(30)38-23/h4-7,10-14H,1-3,8-9,15H2,(H,35,36)(H,32,33,34). The van der Waals surface area contributed by atoms with Gasteiger partial charge in [-0.1, -0.05) is 6.42 Å². The summed E-state index contributed by atoms with van der Waals surface area (Å²) in [5, 5.41) is 7.84. The molecule has 5 aromatic heterocycles. The number of halogens is 2. The Kier molecular flexibility index (Phi) is 5.70. The molecule has 1 aliphatic heterocycles. The third kappa shape index (κ3) is 4.15. The molecule has 0 unspecified atom stereocenters. The highest BCUT2D eigenvalue weighted by atomic mass is 32.1. The number of hydrogen-bond acceptors (Lipinski definition) is 6. The quantitative estimate of drug-likeness (QED) is 0.265. The first-order valence-corrected chi connectivity index (χ1v) is 13.4. The van der Waals surface area contributed by atoms with Gasteiger partial charge in [-0.05, 0) is 61.8 Å². The van der Waals surface area contributed by atoms with Crippen molar-refractivity contribution in [3.63, 3.8) is 0 Å². The van der Waals surface area contributed by atoms with Crippen molar-refractivity contribution < 1.29 is 8.78 Å². The van der Waals surface area contributed by atoms with Gasteiger partial charge >= 0.3 is 0 Å². The van der Waals surface area contributed by atoms with Gasteiger partial charge in [-0.25, -0.2) is 14.4 Å². The van der Waals surface area contributed by atoms with E-state index in [1.807, 2.05) is 18.3 Å². The Morgan fingerprint density at radius 3 is 2.71 bits per heavy atom. The highest BCUT2D eigenvalue weighted by Crippen LogP contribution is 2.35. The summed E-state index contributed by atoms with van der Waals surface area (Å²) in [6.07, 6.45) is 8.91. The summed E-state index contributed by atoms with van der Waals surface area (Å²) in [7, 11) is 0. The summed E-state index contributed by atoms with van der Waals surface area (Å²) < 4.78 is 29.0. The van der Waals surface area contributed by atoms with E-state index in [0.717, 1.165) is 57.9 Å². The van der Waals surface area contributed by atoms with Crippen LogP contribution in [0.5, 0.6) is 0 Å². The van der Waals surface area contributed by atoms with Gasteiger partial charge < -0.3 is 4.98 Å². The van der Waals surface area contributed by atoms with Crippen LogP contribution in [0.3, 0.4) is 0 Å². The number of aromatic nitrogens is 6. The topological polar surface area (TPSA) is 86.4 Å². The number of rotatable bonds is 5. The van der Waals surface area contributed by atoms with Gasteiger partial charge in [0, 0.05) is 58.2 Å². The summed E-state index contributed by atoms with van der Waals surface area (Å²) in [6, 6.07) is 10.3. The van der Waals surface area contributed by atoms with Crippen molar-refractivity contribution in [2.24, 2.45) is 0 Å². The van der Waals surface area contributed by atoms with Crippen LogP contribution in [0.25, 0.3) is 55.2 Å². The molecule has 6 heterocycles. The lowest BCUT2D eigenvalue weighted by Gasteiger charge is -2.26. The van der Waals surface area contributed by atoms with Crippen LogP contribution in [0.15, 0.2) is 55.0 Å². The van der Waals surface area contributed by atoms with Crippen molar-refractivity contribution in [3.8, 4) is 33.1 Å². The Balaban J connectivity index is 1.28. The smallest absolute Gasteiger partial charge is 0.178 e. The van der Waals surface area contributed by atoms with Gasteiger partial charge in [0.2, 0.25) is 0 Å². The second kappa shape index (κ2) is 9.38. The van der Waals surface area contributed by atoms with Crippen LogP contribution in [-0.4, -0.2) is 48.1 Å². The molecular formula is C28H23F2N7S. The van der Waals surface area contributed by atoms with E-state index in [1.54, 1.807) is 24.5 Å². The summed E-state index contributed by atoms with van der Waals surface area (Å²) in [5.41, 5.74) is 5.36. The summed E-state index contributed by atoms with van der Waals surface area (Å²) >= 11 is 1.06. The molecule has 0 radical (unpaired) electrons. The van der Waals surface area contributed by atoms with Crippen LogP contribution in [0.4, 0.5) is 8.78 Å². The normalized spacial score (nSPS) is 14.6. The molecule has 38 heavy (non-hydrogen) atoms. The van der Waals surface area contributed by atoms with E-state index >= 15 is 4.39 Å². The summed E-state index contributed by atoms with van der Waals surface area (Å²) in [5.74, 6) is 0.149. The van der Waals surface area contributed by atoms with Gasteiger partial charge in [-0.15, -0.1) is 11.3 Å². The first-order valence-electron chi connectivity index (χ1n) is 12.6. The van der Waals surface area contributed by atoms with E-state index in [1.165, 1.54) is 31.4 Å². The predicted molar refractivity (Wildman–Crippen MR) is 145 cm³/mol. The van der Waals surface area contributed by atoms with Crippen LogP contribution in [0, 0.1) is 10.9 Å². The van der Waals surface area contributed by atoms with Crippen molar-refractivity contribution in [3.05, 3.63) is 71.5 Å². The number of benzene rings is 1. The van der Waals surface area contributed by atoms with E-state index in [2.05, 4.69) is 35.0 Å². The highest BCUT2D eigenvalue weighted by Gasteiger charge is 2.19. The minimum Gasteiger partial charge on any atom is -0.335 e. The first kappa shape index (κ1) is 23.1. The molecule has 1 aromatic carbocycles. The minimum atomic E-state index is -0.349. The highest BCUT2D eigenvalue weighted by molar-refractivity contribution is 7.14. The average Bonchev–Trinajstić information content (AvgIpc) is 3.66. The second-order valence-electron chi connectivity index (χ2n) is 9.61. The fourth-order valence-corrected chi connectivity index (χ4v) is 5.99. The van der Waals surface area contributed by atoms with Crippen molar-refractivity contribution >= 4 is 33.4 Å². The summed E-state index contributed by atoms with van der Waals surface area (Å²) in [4.78, 5) is 20.0. The first-order chi connectivity index (χ1) is 18.6. The van der Waals surface area contributed by atoms with E-state index in [0.29, 0.717) is 33.8 Å². The van der Waals surface area contributed by atoms with Gasteiger partial charge in [-0.3, -0.25) is 15.0 Å². The molecular weight excluding hydrogens is 504 g/mol. The Labute approximate surface area is 220 Å². The number of aromatic amines is 2. The maximum absolute atomic E-state index is 15.3. The second-order valence-corrected chi connectivity index (χ2v) is 10.6. The van der Waals surface area contributed by atoms with Gasteiger partial charge in [0.05, 0.1) is 11.0 Å². The predicted octanol–water partition coefficient (Wildman–Crippen LogP) is 6.56. The Hall–Kier alpha value is -4.02. The number of fused-ring (bicyclic) bond motifs is 2. The third-order valence-electron chi connectivity index (χ3n) is 7.07. The average molecular weight is 528 g/mol. The van der Waals surface area contributed by atoms with Crippen LogP contribution < -0.4 is 0 Å². The Bertz CT molecular complexity index is 1780. The molecule has 10 heteroatoms. The van der Waals surface area contributed by atoms with Gasteiger partial charge in [0.15, 0.2) is 16.6 Å². The van der Waals surface area contributed by atoms with Crippen molar-refractivity contribution in [2.45, 2.75) is 25.8 Å². The van der Waals surface area contributed by atoms with Crippen molar-refractivity contribution in [1.82, 2.24) is 35.0 Å². The molecule has 190 valence electrons. The molecule has 6 aromatic rings. The molecule has 1 fully saturated rings. The van der Waals surface area contributed by atoms with Crippen molar-refractivity contribution in [2.75, 3.05) is 13.1 Å². The lowest BCUT2D eigenvalue weighted by atomic mass is 10.0. The van der Waals surface area contributed by atoms with E-state index in [-0.39, 0.29) is 10.9 Å². The molecule has 0 atom stereocenters. The SMILES string of the molecule is Fc1ccc(-c2ccnc3nc(-c4n[nH]c5cc(F)c(-c6cncc(CN7CCCCC7)c6)cc45)[nH]c23)s1. The number of likely N-dealkylation sites (tertiary alicyclic amines) is 1. The number of hydrogen-bond donors (Lipinski definition) is 2. The van der Waals surface area contributed by atoms with Gasteiger partial charge in [0.25, 0.3) is 0 Å². The number of H-pyrrole nitrogens is 2. The molecule has 0 saturated carbocycles. The van der Waals surface area contributed by atoms with Crippen LogP contribution in [-0.2, 0) is 6.54 Å². The molecule has 7 rings (SSSR count). The van der Waals surface area contributed by atoms with Crippen molar-refractivity contribution in [1.29, 1.82) is 0 Å². The monoisotopic (exact) mass is 527 g/mol. The molecule has 0 bridgehead atoms. The minimum absolute atomic E-state index is 0.257. The molecule has 1 saturated heterocycles. The zero-order valence-corrected chi connectivity index (χ0v) is 21.2. The molecule has 1 aliphatic rings. The molecule has 0 aliphatic carbocycles. The number of thiophene rings is 1. The number of pyridine rings is 2. The maximum Gasteiger partial charge on any atom is 0.178 e. The van der Waals surface area contributed by atoms with E-state index in [4.69, 9.17) is 0 Å². The number of nitrogens with zero attached hydrogens (tertiary/aromatic N) is 5. The largest absolute Gasteiger partial charge is 0.335 e. The third-order valence-corrected chi connectivity index (χ3v) is 7.97. The van der Waals surface area contributed by atoms with Crippen LogP contribution in [0.2, 0.25) is 0 Å². The van der Waals surface area contributed by atoms with Gasteiger partial charge in [-0.2, -0.15) is 9.49 Å². The fraction of sp³-hybridized carbons (Fsp3) is 0.214. The van der Waals surface area contributed by atoms with E-state index < -0.39 is 0 Å². The lowest BCUT2D eigenvalue weighted by Crippen LogP contribution is -2.29. The van der Waals surface area contributed by atoms with Crippen LogP contribution >= 0.6 is 11.3 Å². The fourth-order valence-electron chi connectivity index (χ4n) is 5.22. The number of piperidine rings is 1. The Morgan fingerprint density at radius 1 is 0.974 bits per heavy atom. The lowest BCUT2D eigenvalue weighted by molar-refractivity contribution is 0.220. The zero-order valence-electron chi connectivity index (χ0n) is 20.3. The molecule has 2 N–H and O–H groups in total. The van der Waals surface area contributed by atoms with Gasteiger partial charge in [0.1, 0.15) is 11.5 Å². The molecule has 7 nitrogen and oxygen atoms in total. The summed E-state index contributed by atoms with van der Waals surface area (Å²) in [6.45, 7) is 2.97.